The Bertz CT molecular complexity index is 180. The van der Waals surface area contributed by atoms with E-state index in [0.717, 1.165) is 12.3 Å². The van der Waals surface area contributed by atoms with Crippen LogP contribution in [-0.2, 0) is 0 Å². The quantitative estimate of drug-likeness (QED) is 0.747. The summed E-state index contributed by atoms with van der Waals surface area (Å²) in [5.41, 5.74) is -0.404. The fourth-order valence-corrected chi connectivity index (χ4v) is 3.24. The lowest BCUT2D eigenvalue weighted by molar-refractivity contribution is -0.0775. The van der Waals surface area contributed by atoms with Gasteiger partial charge in [0, 0.05) is 0 Å². The van der Waals surface area contributed by atoms with Crippen LogP contribution >= 0.6 is 0 Å². The van der Waals surface area contributed by atoms with E-state index in [1.165, 1.54) is 32.1 Å². The Morgan fingerprint density at radius 3 is 2.00 bits per heavy atom. The van der Waals surface area contributed by atoms with Gasteiger partial charge in [-0.15, -0.1) is 0 Å². The number of hydrogen-bond donors (Lipinski definition) is 1. The largest absolute Gasteiger partial charge is 0.389 e. The Morgan fingerprint density at radius 2 is 1.67 bits per heavy atom. The molecule has 1 rings (SSSR count). The van der Waals surface area contributed by atoms with Crippen molar-refractivity contribution in [2.24, 2.45) is 17.8 Å². The predicted molar refractivity (Wildman–Crippen MR) is 65.8 cm³/mol. The minimum atomic E-state index is -0.404. The topological polar surface area (TPSA) is 20.2 Å². The van der Waals surface area contributed by atoms with E-state index in [9.17, 15) is 5.11 Å². The third-order valence-electron chi connectivity index (χ3n) is 4.70. The minimum absolute atomic E-state index is 0.394. The van der Waals surface area contributed by atoms with Crippen molar-refractivity contribution < 1.29 is 5.11 Å². The molecule has 1 fully saturated rings. The molecule has 0 spiro atoms. The zero-order valence-electron chi connectivity index (χ0n) is 10.9. The molecule has 1 saturated carbocycles. The van der Waals surface area contributed by atoms with Gasteiger partial charge in [-0.1, -0.05) is 47.0 Å². The van der Waals surface area contributed by atoms with E-state index in [0.29, 0.717) is 11.8 Å². The molecule has 0 aromatic carbocycles. The molecular formula is C14H28O. The molecule has 1 N–H and O–H groups in total. The summed E-state index contributed by atoms with van der Waals surface area (Å²) in [5, 5.41) is 10.7. The number of aliphatic hydroxyl groups is 1. The van der Waals surface area contributed by atoms with Crippen LogP contribution in [0.4, 0.5) is 0 Å². The predicted octanol–water partition coefficient (Wildman–Crippen LogP) is 4.00. The average molecular weight is 212 g/mol. The maximum atomic E-state index is 10.7. The SMILES string of the molecule is CCC1CCC(C(O)(CC)C(C)C)CC1. The Morgan fingerprint density at radius 1 is 1.13 bits per heavy atom. The van der Waals surface area contributed by atoms with Gasteiger partial charge >= 0.3 is 0 Å². The van der Waals surface area contributed by atoms with Crippen molar-refractivity contribution in [2.45, 2.75) is 71.8 Å². The van der Waals surface area contributed by atoms with E-state index >= 15 is 0 Å². The summed E-state index contributed by atoms with van der Waals surface area (Å²) in [6.45, 7) is 8.75. The molecule has 90 valence electrons. The van der Waals surface area contributed by atoms with Crippen LogP contribution in [0.15, 0.2) is 0 Å². The highest BCUT2D eigenvalue weighted by Crippen LogP contribution is 2.41. The maximum Gasteiger partial charge on any atom is 0.0695 e. The van der Waals surface area contributed by atoms with Gasteiger partial charge in [-0.3, -0.25) is 0 Å². The number of rotatable bonds is 4. The van der Waals surface area contributed by atoms with Gasteiger partial charge in [-0.2, -0.15) is 0 Å². The van der Waals surface area contributed by atoms with Gasteiger partial charge in [-0.05, 0) is 37.0 Å². The fraction of sp³-hybridized carbons (Fsp3) is 1.00. The highest BCUT2D eigenvalue weighted by Gasteiger charge is 2.39. The van der Waals surface area contributed by atoms with Crippen LogP contribution in [-0.4, -0.2) is 10.7 Å². The summed E-state index contributed by atoms with van der Waals surface area (Å²) in [7, 11) is 0. The first-order valence-corrected chi connectivity index (χ1v) is 6.76. The maximum absolute atomic E-state index is 10.7. The van der Waals surface area contributed by atoms with Gasteiger partial charge in [0.2, 0.25) is 0 Å². The van der Waals surface area contributed by atoms with E-state index in [1.54, 1.807) is 0 Å². The number of hydrogen-bond acceptors (Lipinski definition) is 1. The Balaban J connectivity index is 2.57. The Hall–Kier alpha value is -0.0400. The van der Waals surface area contributed by atoms with Crippen LogP contribution in [0.3, 0.4) is 0 Å². The van der Waals surface area contributed by atoms with E-state index in [-0.39, 0.29) is 0 Å². The highest BCUT2D eigenvalue weighted by atomic mass is 16.3. The summed E-state index contributed by atoms with van der Waals surface area (Å²) >= 11 is 0. The van der Waals surface area contributed by atoms with Crippen LogP contribution in [0.5, 0.6) is 0 Å². The van der Waals surface area contributed by atoms with E-state index < -0.39 is 5.60 Å². The van der Waals surface area contributed by atoms with Crippen LogP contribution in [0, 0.1) is 17.8 Å². The second-order valence-corrected chi connectivity index (χ2v) is 5.63. The summed E-state index contributed by atoms with van der Waals surface area (Å²) < 4.78 is 0. The van der Waals surface area contributed by atoms with Crippen LogP contribution in [0.1, 0.15) is 66.2 Å². The zero-order chi connectivity index (χ0) is 11.5. The van der Waals surface area contributed by atoms with E-state index in [4.69, 9.17) is 0 Å². The molecular weight excluding hydrogens is 184 g/mol. The molecule has 1 aliphatic carbocycles. The van der Waals surface area contributed by atoms with Gasteiger partial charge in [0.1, 0.15) is 0 Å². The first kappa shape index (κ1) is 13.0. The van der Waals surface area contributed by atoms with Crippen molar-refractivity contribution in [3.05, 3.63) is 0 Å². The first-order chi connectivity index (χ1) is 7.04. The smallest absolute Gasteiger partial charge is 0.0695 e. The lowest BCUT2D eigenvalue weighted by Crippen LogP contribution is -2.44. The van der Waals surface area contributed by atoms with Gasteiger partial charge in [0.15, 0.2) is 0 Å². The molecule has 15 heavy (non-hydrogen) atoms. The Labute approximate surface area is 95.3 Å². The molecule has 1 atom stereocenters. The van der Waals surface area contributed by atoms with E-state index in [2.05, 4.69) is 27.7 Å². The van der Waals surface area contributed by atoms with Crippen LogP contribution in [0.2, 0.25) is 0 Å². The normalized spacial score (nSPS) is 31.6. The van der Waals surface area contributed by atoms with Crippen molar-refractivity contribution >= 4 is 0 Å². The molecule has 0 aromatic heterocycles. The summed E-state index contributed by atoms with van der Waals surface area (Å²) in [4.78, 5) is 0. The van der Waals surface area contributed by atoms with Gasteiger partial charge in [-0.25, -0.2) is 0 Å². The molecule has 1 unspecified atom stereocenters. The standard InChI is InChI=1S/C14H28O/c1-5-12-7-9-13(10-8-12)14(15,6-2)11(3)4/h11-13,15H,5-10H2,1-4H3. The third kappa shape index (κ3) is 2.75. The second-order valence-electron chi connectivity index (χ2n) is 5.63. The van der Waals surface area contributed by atoms with E-state index in [1.807, 2.05) is 0 Å². The molecule has 0 amide bonds. The second kappa shape index (κ2) is 5.34. The first-order valence-electron chi connectivity index (χ1n) is 6.76. The lowest BCUT2D eigenvalue weighted by atomic mass is 9.68. The van der Waals surface area contributed by atoms with Crippen molar-refractivity contribution in [1.82, 2.24) is 0 Å². The molecule has 0 aliphatic heterocycles. The molecule has 0 saturated heterocycles. The fourth-order valence-electron chi connectivity index (χ4n) is 3.24. The zero-order valence-corrected chi connectivity index (χ0v) is 10.9. The molecule has 1 heteroatoms. The summed E-state index contributed by atoms with van der Waals surface area (Å²) in [6, 6.07) is 0. The molecule has 0 aromatic rings. The molecule has 1 aliphatic rings. The van der Waals surface area contributed by atoms with Gasteiger partial charge in [0.05, 0.1) is 5.60 Å². The lowest BCUT2D eigenvalue weighted by Gasteiger charge is -2.42. The molecule has 0 bridgehead atoms. The van der Waals surface area contributed by atoms with Gasteiger partial charge in [0.25, 0.3) is 0 Å². The van der Waals surface area contributed by atoms with Crippen LogP contribution in [0.25, 0.3) is 0 Å². The van der Waals surface area contributed by atoms with Crippen molar-refractivity contribution in [2.75, 3.05) is 0 Å². The third-order valence-corrected chi connectivity index (χ3v) is 4.70. The van der Waals surface area contributed by atoms with Crippen molar-refractivity contribution in [3.63, 3.8) is 0 Å². The molecule has 0 radical (unpaired) electrons. The Kier molecular flexibility index (Phi) is 4.64. The highest BCUT2D eigenvalue weighted by molar-refractivity contribution is 4.90. The average Bonchev–Trinajstić information content (AvgIpc) is 2.28. The van der Waals surface area contributed by atoms with Crippen LogP contribution < -0.4 is 0 Å². The van der Waals surface area contributed by atoms with Gasteiger partial charge < -0.3 is 5.11 Å². The molecule has 0 heterocycles. The summed E-state index contributed by atoms with van der Waals surface area (Å²) in [6.07, 6.45) is 7.36. The monoisotopic (exact) mass is 212 g/mol. The van der Waals surface area contributed by atoms with Crippen molar-refractivity contribution in [1.29, 1.82) is 0 Å². The summed E-state index contributed by atoms with van der Waals surface area (Å²) in [5.74, 6) is 1.87. The molecule has 1 nitrogen and oxygen atoms in total. The minimum Gasteiger partial charge on any atom is -0.389 e. The van der Waals surface area contributed by atoms with Crippen molar-refractivity contribution in [3.8, 4) is 0 Å².